The molecule has 15 rings (SSSR count). The van der Waals surface area contributed by atoms with Crippen LogP contribution >= 0.6 is 14.4 Å². The molecule has 4 aliphatic rings. The minimum Gasteiger partial charge on any atom is -0.319 e. The molecule has 0 saturated heterocycles. The first kappa shape index (κ1) is 49.7. The van der Waals surface area contributed by atoms with Crippen molar-refractivity contribution in [2.24, 2.45) is 11.8 Å². The van der Waals surface area contributed by atoms with E-state index >= 15 is 0 Å². The molecule has 4 aliphatic carbocycles. The summed E-state index contributed by atoms with van der Waals surface area (Å²) in [7, 11) is -4.56. The Hall–Kier alpha value is -8.36. The molecule has 3 atom stereocenters. The van der Waals surface area contributed by atoms with E-state index in [1.165, 1.54) is 131 Å². The Morgan fingerprint density at radius 1 is 0.580 bits per heavy atom. The molecule has 0 spiro atoms. The summed E-state index contributed by atoms with van der Waals surface area (Å²) >= 11 is 0. The predicted molar refractivity (Wildman–Crippen MR) is 358 cm³/mol. The van der Waals surface area contributed by atoms with Crippen molar-refractivity contribution in [1.29, 1.82) is 0 Å². The summed E-state index contributed by atoms with van der Waals surface area (Å²) in [5, 5.41) is 17.7. The van der Waals surface area contributed by atoms with Crippen molar-refractivity contribution < 1.29 is 4.57 Å². The van der Waals surface area contributed by atoms with Crippen molar-refractivity contribution in [2.45, 2.75) is 19.3 Å². The third kappa shape index (κ3) is 7.98. The second-order valence-corrected chi connectivity index (χ2v) is 32.9. The fourth-order valence-corrected chi connectivity index (χ4v) is 16.4. The Balaban J connectivity index is 0.934. The van der Waals surface area contributed by atoms with Gasteiger partial charge in [0.05, 0.1) is 0 Å². The van der Waals surface area contributed by atoms with Crippen molar-refractivity contribution in [1.82, 2.24) is 0 Å². The van der Waals surface area contributed by atoms with Gasteiger partial charge in [-0.05, 0) is 83.5 Å². The number of allylic oxidation sites excluding steroid dienone is 12. The molecule has 0 bridgehead atoms. The predicted octanol–water partition coefficient (Wildman–Crippen LogP) is 19.8. The van der Waals surface area contributed by atoms with Gasteiger partial charge in [0, 0.05) is 11.2 Å². The summed E-state index contributed by atoms with van der Waals surface area (Å²) in [6.45, 7) is 13.5. The van der Waals surface area contributed by atoms with E-state index in [1.54, 1.807) is 0 Å². The molecule has 0 fully saturated rings. The molecule has 0 heterocycles. The van der Waals surface area contributed by atoms with Crippen molar-refractivity contribution in [3.63, 3.8) is 0 Å². The number of rotatable bonds is 8. The number of hydrogen-bond donors (Lipinski definition) is 0. The number of hydrogen-bond acceptors (Lipinski definition) is 1. The van der Waals surface area contributed by atoms with Gasteiger partial charge in [-0.2, -0.15) is 0 Å². The fraction of sp³-hybridized carbons (Fsp3) is 0.128. The van der Waals surface area contributed by atoms with Gasteiger partial charge in [-0.1, -0.05) is 61.4 Å². The van der Waals surface area contributed by atoms with Crippen LogP contribution in [0.15, 0.2) is 230 Å². The molecule has 0 saturated carbocycles. The van der Waals surface area contributed by atoms with E-state index in [9.17, 15) is 4.57 Å². The minimum absolute atomic E-state index is 0.195. The second-order valence-electron chi connectivity index (χ2n) is 24.6. The Bertz CT molecular complexity index is 4890. The third-order valence-corrected chi connectivity index (χ3v) is 21.9. The molecule has 11 aromatic carbocycles. The fourth-order valence-electron chi connectivity index (χ4n) is 14.3. The molecular formula is C78H62OP2. The Labute approximate surface area is 476 Å². The molecule has 0 aliphatic heterocycles. The van der Waals surface area contributed by atoms with E-state index < -0.39 is 14.4 Å². The molecule has 11 aromatic rings. The van der Waals surface area contributed by atoms with Crippen LogP contribution in [0.1, 0.15) is 47.1 Å². The smallest absolute Gasteiger partial charge is 0.109 e. The zero-order chi connectivity index (χ0) is 55.1. The van der Waals surface area contributed by atoms with E-state index in [0.29, 0.717) is 0 Å². The summed E-state index contributed by atoms with van der Waals surface area (Å²) in [5.74, 6) is 3.43. The molecular weight excluding hydrogens is 1010 g/mol. The van der Waals surface area contributed by atoms with Gasteiger partial charge < -0.3 is 4.57 Å². The Morgan fingerprint density at radius 2 is 1.21 bits per heavy atom. The van der Waals surface area contributed by atoms with Crippen molar-refractivity contribution in [3.05, 3.63) is 257 Å². The van der Waals surface area contributed by atoms with E-state index in [4.69, 9.17) is 6.42 Å². The van der Waals surface area contributed by atoms with Crippen molar-refractivity contribution in [2.75, 3.05) is 33.3 Å². The van der Waals surface area contributed by atoms with Gasteiger partial charge >= 0.3 is 305 Å². The minimum atomic E-state index is -2.74. The van der Waals surface area contributed by atoms with E-state index in [1.807, 2.05) is 19.4 Å². The standard InChI is InChI=1S/C78H62OP2/c1-8-9-23-62-47(2)61-24-12-10-17-52(61)44-71(62)57-39-58(43-60(42-57)81(6,7)79)72-45-53-18-11-13-25-65(53)77-66(72)26-16-27-67(77)73-46-54-22-15-21-50-32-35-69-64(36-37-70(73)78(69)75(50)54)56-38-55(40-59(41-56)80(3,4)5)63-33-30-51-29-28-48-19-14-20-49-31-34-68(63)76(51)74(48)49/h1,9-21,23-47,54,61,80H,22H2,2-7H3/b23-9-. The van der Waals surface area contributed by atoms with Gasteiger partial charge in [-0.25, -0.2) is 0 Å². The summed E-state index contributed by atoms with van der Waals surface area (Å²) < 4.78 is 14.5. The van der Waals surface area contributed by atoms with Gasteiger partial charge in [0.1, 0.15) is 7.14 Å². The first-order valence-electron chi connectivity index (χ1n) is 28.7. The molecule has 0 radical (unpaired) electrons. The first-order chi connectivity index (χ1) is 39.3. The molecule has 81 heavy (non-hydrogen) atoms. The summed E-state index contributed by atoms with van der Waals surface area (Å²) in [5.41, 5.74) is 18.5. The van der Waals surface area contributed by atoms with Crippen LogP contribution in [-0.4, -0.2) is 33.3 Å². The van der Waals surface area contributed by atoms with Crippen molar-refractivity contribution >= 4 is 107 Å². The molecule has 0 aromatic heterocycles. The zero-order valence-corrected chi connectivity index (χ0v) is 48.6. The van der Waals surface area contributed by atoms with Crippen LogP contribution in [0.2, 0.25) is 0 Å². The van der Waals surface area contributed by atoms with E-state index in [0.717, 1.165) is 34.0 Å². The van der Waals surface area contributed by atoms with Gasteiger partial charge in [0.25, 0.3) is 0 Å². The monoisotopic (exact) mass is 1080 g/mol. The average molecular weight is 1080 g/mol. The van der Waals surface area contributed by atoms with E-state index in [2.05, 4.69) is 251 Å². The maximum Gasteiger partial charge on any atom is 0.109 e. The number of terminal acetylenes is 1. The van der Waals surface area contributed by atoms with Crippen LogP contribution in [0.25, 0.3) is 115 Å². The summed E-state index contributed by atoms with van der Waals surface area (Å²) in [4.78, 5) is 0. The van der Waals surface area contributed by atoms with Crippen LogP contribution in [0, 0.1) is 24.2 Å². The van der Waals surface area contributed by atoms with Crippen molar-refractivity contribution in [3.8, 4) is 45.7 Å². The van der Waals surface area contributed by atoms with Crippen LogP contribution < -0.4 is 10.6 Å². The molecule has 1 nitrogen and oxygen atoms in total. The maximum atomic E-state index is 14.5. The van der Waals surface area contributed by atoms with Gasteiger partial charge in [-0.3, -0.25) is 0 Å². The van der Waals surface area contributed by atoms with Crippen LogP contribution in [0.3, 0.4) is 0 Å². The Kier molecular flexibility index (Phi) is 11.4. The third-order valence-electron chi connectivity index (χ3n) is 18.4. The number of fused-ring (bicyclic) bond motifs is 4. The van der Waals surface area contributed by atoms with Gasteiger partial charge in [0.2, 0.25) is 0 Å². The summed E-state index contributed by atoms with van der Waals surface area (Å²) in [6, 6.07) is 62.7. The topological polar surface area (TPSA) is 17.1 Å². The molecule has 0 amide bonds. The summed E-state index contributed by atoms with van der Waals surface area (Å²) in [6.07, 6.45) is 29.2. The molecule has 3 unspecified atom stereocenters. The van der Waals surface area contributed by atoms with Gasteiger partial charge in [-0.15, -0.1) is 6.42 Å². The maximum absolute atomic E-state index is 14.5. The Morgan fingerprint density at radius 3 is 2.00 bits per heavy atom. The number of benzene rings is 11. The molecule has 3 heteroatoms. The normalized spacial score (nSPS) is 18.0. The SMILES string of the molecule is C#C/C=C\C1=C(c2cc(-c3cc4ccccc4c4c(C5=CC6CC=Cc7ccc8c(-c9cc(-c%10ccc%11ccc%12cccc%13ccc%10c%11c%12%13)cc([PH](C)(C)C)c9)ccc5c8c76)cccc34)cc(P(C)(C)=O)c2)C=C2C=CC=CC2C1C. The quantitative estimate of drug-likeness (QED) is 0.0842. The average Bonchev–Trinajstić information content (AvgIpc) is 3.65. The van der Waals surface area contributed by atoms with Crippen LogP contribution in [0.4, 0.5) is 0 Å². The largest absolute Gasteiger partial charge is 0.319 e. The van der Waals surface area contributed by atoms with Gasteiger partial charge in [0.15, 0.2) is 0 Å². The second kappa shape index (κ2) is 18.6. The first-order valence-corrected chi connectivity index (χ1v) is 34.8. The molecule has 0 N–H and O–H groups in total. The molecule has 390 valence electrons. The van der Waals surface area contributed by atoms with Crippen LogP contribution in [0.5, 0.6) is 0 Å². The zero-order valence-electron chi connectivity index (χ0n) is 46.7. The van der Waals surface area contributed by atoms with E-state index in [-0.39, 0.29) is 17.8 Å². The van der Waals surface area contributed by atoms with Crippen LogP contribution in [-0.2, 0) is 4.57 Å².